The van der Waals surface area contributed by atoms with Crippen molar-refractivity contribution in [1.29, 1.82) is 0 Å². The number of nitrogens with zero attached hydrogens (tertiary/aromatic N) is 4. The summed E-state index contributed by atoms with van der Waals surface area (Å²) in [6.45, 7) is 3.16. The lowest BCUT2D eigenvalue weighted by molar-refractivity contribution is 0.311. The molecule has 0 saturated carbocycles. The lowest BCUT2D eigenvalue weighted by Crippen LogP contribution is -2.21. The maximum Gasteiger partial charge on any atom is 0.0658 e. The summed E-state index contributed by atoms with van der Waals surface area (Å²) in [7, 11) is 0. The van der Waals surface area contributed by atoms with Gasteiger partial charge in [0, 0.05) is 38.2 Å². The van der Waals surface area contributed by atoms with Gasteiger partial charge in [-0.25, -0.2) is 0 Å². The SMILES string of the molecule is Brc1cnn(C2CCN(Cc3cccnc3)C2)c1. The Morgan fingerprint density at radius 3 is 3.06 bits per heavy atom. The number of rotatable bonds is 3. The number of hydrogen-bond acceptors (Lipinski definition) is 3. The molecule has 0 aliphatic carbocycles. The molecule has 1 saturated heterocycles. The van der Waals surface area contributed by atoms with Gasteiger partial charge in [-0.3, -0.25) is 14.6 Å². The zero-order valence-corrected chi connectivity index (χ0v) is 11.6. The van der Waals surface area contributed by atoms with Crippen molar-refractivity contribution < 1.29 is 0 Å². The fourth-order valence-electron chi connectivity index (χ4n) is 2.44. The van der Waals surface area contributed by atoms with Crippen molar-refractivity contribution in [1.82, 2.24) is 19.7 Å². The van der Waals surface area contributed by atoms with Gasteiger partial charge in [0.25, 0.3) is 0 Å². The van der Waals surface area contributed by atoms with E-state index in [0.717, 1.165) is 30.5 Å². The molecule has 0 radical (unpaired) electrons. The first kappa shape index (κ1) is 11.9. The largest absolute Gasteiger partial charge is 0.297 e. The van der Waals surface area contributed by atoms with Gasteiger partial charge in [0.1, 0.15) is 0 Å². The van der Waals surface area contributed by atoms with Crippen LogP contribution in [0.3, 0.4) is 0 Å². The summed E-state index contributed by atoms with van der Waals surface area (Å²) >= 11 is 3.44. The molecule has 1 atom stereocenters. The molecule has 0 N–H and O–H groups in total. The average molecular weight is 307 g/mol. The molecule has 2 aromatic heterocycles. The van der Waals surface area contributed by atoms with Crippen LogP contribution >= 0.6 is 15.9 Å². The van der Waals surface area contributed by atoms with Gasteiger partial charge >= 0.3 is 0 Å². The number of aromatic nitrogens is 3. The van der Waals surface area contributed by atoms with Crippen molar-refractivity contribution >= 4 is 15.9 Å². The Morgan fingerprint density at radius 2 is 2.33 bits per heavy atom. The van der Waals surface area contributed by atoms with Crippen LogP contribution in [0.1, 0.15) is 18.0 Å². The highest BCUT2D eigenvalue weighted by Crippen LogP contribution is 2.23. The molecular formula is C13H15BrN4. The van der Waals surface area contributed by atoms with Crippen LogP contribution in [0.4, 0.5) is 0 Å². The average Bonchev–Trinajstić information content (AvgIpc) is 2.99. The van der Waals surface area contributed by atoms with E-state index in [-0.39, 0.29) is 0 Å². The minimum atomic E-state index is 0.493. The standard InChI is InChI=1S/C13H15BrN4/c14-12-7-16-18(9-12)13-3-5-17(10-13)8-11-2-1-4-15-6-11/h1-2,4,6-7,9,13H,3,5,8,10H2. The zero-order valence-electron chi connectivity index (χ0n) is 10.0. The van der Waals surface area contributed by atoms with Crippen molar-refractivity contribution in [2.24, 2.45) is 0 Å². The second kappa shape index (κ2) is 5.20. The number of halogens is 1. The first-order valence-corrected chi connectivity index (χ1v) is 6.91. The van der Waals surface area contributed by atoms with Gasteiger partial charge in [0.15, 0.2) is 0 Å². The molecule has 1 aliphatic heterocycles. The monoisotopic (exact) mass is 306 g/mol. The van der Waals surface area contributed by atoms with E-state index in [0.29, 0.717) is 6.04 Å². The Labute approximate surface area is 115 Å². The van der Waals surface area contributed by atoms with Gasteiger partial charge in [-0.15, -0.1) is 0 Å². The van der Waals surface area contributed by atoms with Crippen LogP contribution in [0.15, 0.2) is 41.4 Å². The van der Waals surface area contributed by atoms with E-state index < -0.39 is 0 Å². The second-order valence-corrected chi connectivity index (χ2v) is 5.59. The molecule has 94 valence electrons. The number of pyridine rings is 1. The van der Waals surface area contributed by atoms with Gasteiger partial charge < -0.3 is 0 Å². The molecule has 3 heterocycles. The Kier molecular flexibility index (Phi) is 3.43. The maximum atomic E-state index is 4.37. The first-order valence-electron chi connectivity index (χ1n) is 6.12. The summed E-state index contributed by atoms with van der Waals surface area (Å²) in [5.74, 6) is 0. The van der Waals surface area contributed by atoms with Gasteiger partial charge in [-0.1, -0.05) is 6.07 Å². The van der Waals surface area contributed by atoms with Crippen molar-refractivity contribution in [2.45, 2.75) is 19.0 Å². The van der Waals surface area contributed by atoms with E-state index in [4.69, 9.17) is 0 Å². The minimum Gasteiger partial charge on any atom is -0.297 e. The third kappa shape index (κ3) is 2.62. The van der Waals surface area contributed by atoms with Crippen molar-refractivity contribution in [3.63, 3.8) is 0 Å². The highest BCUT2D eigenvalue weighted by Gasteiger charge is 2.24. The van der Waals surface area contributed by atoms with E-state index in [1.54, 1.807) is 0 Å². The molecule has 4 nitrogen and oxygen atoms in total. The van der Waals surface area contributed by atoms with E-state index in [9.17, 15) is 0 Å². The van der Waals surface area contributed by atoms with E-state index in [1.165, 1.54) is 5.56 Å². The molecule has 0 aromatic carbocycles. The summed E-state index contributed by atoms with van der Waals surface area (Å²) in [4.78, 5) is 6.61. The summed E-state index contributed by atoms with van der Waals surface area (Å²) < 4.78 is 3.11. The predicted molar refractivity (Wildman–Crippen MR) is 73.1 cm³/mol. The fourth-order valence-corrected chi connectivity index (χ4v) is 2.74. The van der Waals surface area contributed by atoms with Gasteiger partial charge in [-0.05, 0) is 34.0 Å². The Bertz CT molecular complexity index is 511. The van der Waals surface area contributed by atoms with Crippen LogP contribution in [0.25, 0.3) is 0 Å². The third-order valence-electron chi connectivity index (χ3n) is 3.32. The summed E-state index contributed by atoms with van der Waals surface area (Å²) in [5.41, 5.74) is 1.28. The van der Waals surface area contributed by atoms with Crippen LogP contribution in [0.5, 0.6) is 0 Å². The molecule has 3 rings (SSSR count). The first-order chi connectivity index (χ1) is 8.81. The van der Waals surface area contributed by atoms with Crippen LogP contribution < -0.4 is 0 Å². The Morgan fingerprint density at radius 1 is 1.39 bits per heavy atom. The van der Waals surface area contributed by atoms with Gasteiger partial charge in [-0.2, -0.15) is 5.10 Å². The molecule has 1 unspecified atom stereocenters. The number of likely N-dealkylation sites (tertiary alicyclic amines) is 1. The van der Waals surface area contributed by atoms with Crippen LogP contribution in [0, 0.1) is 0 Å². The molecule has 1 fully saturated rings. The second-order valence-electron chi connectivity index (χ2n) is 4.68. The Hall–Kier alpha value is -1.20. The Balaban J connectivity index is 1.62. The lowest BCUT2D eigenvalue weighted by atomic mass is 10.2. The van der Waals surface area contributed by atoms with Gasteiger partial charge in [0.05, 0.1) is 16.7 Å². The minimum absolute atomic E-state index is 0.493. The van der Waals surface area contributed by atoms with E-state index >= 15 is 0 Å². The van der Waals surface area contributed by atoms with Crippen LogP contribution in [-0.4, -0.2) is 32.8 Å². The molecule has 0 spiro atoms. The van der Waals surface area contributed by atoms with Gasteiger partial charge in [0.2, 0.25) is 0 Å². The summed E-state index contributed by atoms with van der Waals surface area (Å²) in [6.07, 6.45) is 8.83. The third-order valence-corrected chi connectivity index (χ3v) is 3.73. The fraction of sp³-hybridized carbons (Fsp3) is 0.385. The van der Waals surface area contributed by atoms with Crippen molar-refractivity contribution in [3.05, 3.63) is 47.0 Å². The number of hydrogen-bond donors (Lipinski definition) is 0. The topological polar surface area (TPSA) is 34.0 Å². The molecule has 1 aliphatic rings. The van der Waals surface area contributed by atoms with Crippen LogP contribution in [-0.2, 0) is 6.54 Å². The normalized spacial score (nSPS) is 20.4. The van der Waals surface area contributed by atoms with E-state index in [2.05, 4.69) is 47.9 Å². The highest BCUT2D eigenvalue weighted by molar-refractivity contribution is 9.10. The van der Waals surface area contributed by atoms with Crippen molar-refractivity contribution in [3.8, 4) is 0 Å². The van der Waals surface area contributed by atoms with Crippen LogP contribution in [0.2, 0.25) is 0 Å². The zero-order chi connectivity index (χ0) is 12.4. The van der Waals surface area contributed by atoms with E-state index in [1.807, 2.05) is 24.7 Å². The lowest BCUT2D eigenvalue weighted by Gasteiger charge is -2.15. The summed E-state index contributed by atoms with van der Waals surface area (Å²) in [5, 5.41) is 4.37. The molecular weight excluding hydrogens is 292 g/mol. The maximum absolute atomic E-state index is 4.37. The molecule has 0 bridgehead atoms. The molecule has 18 heavy (non-hydrogen) atoms. The smallest absolute Gasteiger partial charge is 0.0658 e. The molecule has 0 amide bonds. The van der Waals surface area contributed by atoms with Crippen molar-refractivity contribution in [2.75, 3.05) is 13.1 Å². The molecule has 5 heteroatoms. The highest BCUT2D eigenvalue weighted by atomic mass is 79.9. The predicted octanol–water partition coefficient (Wildman–Crippen LogP) is 2.49. The summed E-state index contributed by atoms with van der Waals surface area (Å²) in [6, 6.07) is 4.62. The molecule has 2 aromatic rings. The quantitative estimate of drug-likeness (QED) is 0.873.